The standard InChI is InChI=1S/C14H20ClN3O4S/c1-14(2,3)22-13(19)18-6-4-5-11(9-18)23(20,21)12-16-7-10(15)8-17-12/h7-8,11H,4-6,9H2,1-3H3. The second-order valence-corrected chi connectivity index (χ2v) is 8.98. The van der Waals surface area contributed by atoms with Gasteiger partial charge in [0.15, 0.2) is 0 Å². The third-order valence-corrected chi connectivity index (χ3v) is 5.50. The molecule has 7 nitrogen and oxygen atoms in total. The number of likely N-dealkylation sites (tertiary alicyclic amines) is 1. The van der Waals surface area contributed by atoms with E-state index in [0.29, 0.717) is 19.4 Å². The molecule has 1 fully saturated rings. The Morgan fingerprint density at radius 1 is 1.35 bits per heavy atom. The van der Waals surface area contributed by atoms with Crippen molar-refractivity contribution in [2.45, 2.75) is 49.6 Å². The van der Waals surface area contributed by atoms with Crippen molar-refractivity contribution in [2.24, 2.45) is 0 Å². The molecule has 9 heteroatoms. The van der Waals surface area contributed by atoms with E-state index in [4.69, 9.17) is 16.3 Å². The normalized spacial score (nSPS) is 19.5. The third-order valence-electron chi connectivity index (χ3n) is 3.32. The second-order valence-electron chi connectivity index (χ2n) is 6.42. The van der Waals surface area contributed by atoms with Crippen LogP contribution in [0.25, 0.3) is 0 Å². The predicted octanol–water partition coefficient (Wildman–Crippen LogP) is 2.30. The maximum atomic E-state index is 12.6. The van der Waals surface area contributed by atoms with Crippen LogP contribution in [-0.4, -0.2) is 53.3 Å². The fraction of sp³-hybridized carbons (Fsp3) is 0.643. The number of ether oxygens (including phenoxy) is 1. The molecule has 0 N–H and O–H groups in total. The van der Waals surface area contributed by atoms with Crippen molar-refractivity contribution in [1.82, 2.24) is 14.9 Å². The number of rotatable bonds is 2. The number of halogens is 1. The van der Waals surface area contributed by atoms with E-state index in [1.807, 2.05) is 0 Å². The maximum Gasteiger partial charge on any atom is 0.410 e. The van der Waals surface area contributed by atoms with Crippen LogP contribution in [0.3, 0.4) is 0 Å². The van der Waals surface area contributed by atoms with Crippen LogP contribution in [0, 0.1) is 0 Å². The third kappa shape index (κ3) is 4.54. The number of hydrogen-bond acceptors (Lipinski definition) is 6. The molecule has 1 atom stereocenters. The number of amides is 1. The van der Waals surface area contributed by atoms with Crippen LogP contribution in [0.15, 0.2) is 17.6 Å². The van der Waals surface area contributed by atoms with Crippen molar-refractivity contribution >= 4 is 27.5 Å². The van der Waals surface area contributed by atoms with Crippen molar-refractivity contribution in [1.29, 1.82) is 0 Å². The lowest BCUT2D eigenvalue weighted by Crippen LogP contribution is -2.47. The van der Waals surface area contributed by atoms with Gasteiger partial charge in [0.1, 0.15) is 5.60 Å². The molecule has 1 amide bonds. The first-order chi connectivity index (χ1) is 10.6. The minimum atomic E-state index is -3.72. The summed E-state index contributed by atoms with van der Waals surface area (Å²) in [5.74, 6) is 0. The summed E-state index contributed by atoms with van der Waals surface area (Å²) in [5.41, 5.74) is -0.623. The number of hydrogen-bond donors (Lipinski definition) is 0. The quantitative estimate of drug-likeness (QED) is 0.751. The van der Waals surface area contributed by atoms with Gasteiger partial charge in [-0.05, 0) is 33.6 Å². The molecule has 0 aliphatic carbocycles. The van der Waals surface area contributed by atoms with Crippen molar-refractivity contribution in [2.75, 3.05) is 13.1 Å². The Kier molecular flexibility index (Phi) is 5.15. The van der Waals surface area contributed by atoms with Crippen LogP contribution < -0.4 is 0 Å². The summed E-state index contributed by atoms with van der Waals surface area (Å²) in [6.45, 7) is 5.85. The summed E-state index contributed by atoms with van der Waals surface area (Å²) < 4.78 is 30.5. The van der Waals surface area contributed by atoms with E-state index in [1.165, 1.54) is 17.3 Å². The number of sulfone groups is 1. The van der Waals surface area contributed by atoms with Crippen LogP contribution in [0.5, 0.6) is 0 Å². The Morgan fingerprint density at radius 2 is 1.96 bits per heavy atom. The van der Waals surface area contributed by atoms with Gasteiger partial charge in [-0.15, -0.1) is 0 Å². The summed E-state index contributed by atoms with van der Waals surface area (Å²) in [6, 6.07) is 0. The van der Waals surface area contributed by atoms with Crippen molar-refractivity contribution in [3.8, 4) is 0 Å². The highest BCUT2D eigenvalue weighted by Crippen LogP contribution is 2.23. The Morgan fingerprint density at radius 3 is 2.52 bits per heavy atom. The van der Waals surface area contributed by atoms with E-state index in [-0.39, 0.29) is 16.7 Å². The Hall–Kier alpha value is -1.41. The molecule has 0 bridgehead atoms. The van der Waals surface area contributed by atoms with Crippen LogP contribution >= 0.6 is 11.6 Å². The first-order valence-electron chi connectivity index (χ1n) is 7.29. The molecule has 0 spiro atoms. The monoisotopic (exact) mass is 361 g/mol. The molecule has 1 unspecified atom stereocenters. The average Bonchev–Trinajstić information content (AvgIpc) is 2.46. The molecule has 0 radical (unpaired) electrons. The van der Waals surface area contributed by atoms with E-state index in [9.17, 15) is 13.2 Å². The average molecular weight is 362 g/mol. The highest BCUT2D eigenvalue weighted by Gasteiger charge is 2.36. The zero-order valence-electron chi connectivity index (χ0n) is 13.3. The molecule has 1 aliphatic heterocycles. The van der Waals surface area contributed by atoms with Gasteiger partial charge in [-0.2, -0.15) is 0 Å². The van der Waals surface area contributed by atoms with Gasteiger partial charge in [0.25, 0.3) is 0 Å². The number of aromatic nitrogens is 2. The summed E-state index contributed by atoms with van der Waals surface area (Å²) in [5, 5.41) is -0.745. The molecule has 1 aromatic heterocycles. The maximum absolute atomic E-state index is 12.6. The van der Waals surface area contributed by atoms with Crippen molar-refractivity contribution in [3.05, 3.63) is 17.4 Å². The van der Waals surface area contributed by atoms with Crippen LogP contribution in [0.4, 0.5) is 4.79 Å². The molecular formula is C14H20ClN3O4S. The topological polar surface area (TPSA) is 89.5 Å². The number of nitrogens with zero attached hydrogens (tertiary/aromatic N) is 3. The highest BCUT2D eigenvalue weighted by molar-refractivity contribution is 7.91. The highest BCUT2D eigenvalue weighted by atomic mass is 35.5. The molecule has 1 aliphatic rings. The van der Waals surface area contributed by atoms with E-state index >= 15 is 0 Å². The Bertz CT molecular complexity index is 670. The van der Waals surface area contributed by atoms with E-state index in [2.05, 4.69) is 9.97 Å². The van der Waals surface area contributed by atoms with Gasteiger partial charge in [-0.25, -0.2) is 23.2 Å². The van der Waals surface area contributed by atoms with E-state index < -0.39 is 26.8 Å². The first kappa shape index (κ1) is 17.9. The van der Waals surface area contributed by atoms with Gasteiger partial charge in [0.05, 0.1) is 22.7 Å². The molecular weight excluding hydrogens is 342 g/mol. The largest absolute Gasteiger partial charge is 0.444 e. The van der Waals surface area contributed by atoms with Crippen molar-refractivity contribution < 1.29 is 17.9 Å². The summed E-state index contributed by atoms with van der Waals surface area (Å²) >= 11 is 5.68. The molecule has 1 saturated heterocycles. The Balaban J connectivity index is 2.14. The van der Waals surface area contributed by atoms with E-state index in [0.717, 1.165) is 0 Å². The van der Waals surface area contributed by atoms with Crippen LogP contribution in [0.2, 0.25) is 5.02 Å². The zero-order chi connectivity index (χ0) is 17.3. The van der Waals surface area contributed by atoms with Gasteiger partial charge in [-0.1, -0.05) is 11.6 Å². The molecule has 0 aromatic carbocycles. The zero-order valence-corrected chi connectivity index (χ0v) is 14.9. The molecule has 2 rings (SSSR count). The summed E-state index contributed by atoms with van der Waals surface area (Å²) in [7, 11) is -3.72. The minimum absolute atomic E-state index is 0.0727. The molecule has 128 valence electrons. The minimum Gasteiger partial charge on any atom is -0.444 e. The number of carbonyl (C=O) groups is 1. The Labute approximate surface area is 140 Å². The number of piperidine rings is 1. The van der Waals surface area contributed by atoms with Gasteiger partial charge in [0.2, 0.25) is 15.0 Å². The SMILES string of the molecule is CC(C)(C)OC(=O)N1CCCC(S(=O)(=O)c2ncc(Cl)cn2)C1. The molecule has 0 saturated carbocycles. The van der Waals surface area contributed by atoms with Gasteiger partial charge in [-0.3, -0.25) is 0 Å². The van der Waals surface area contributed by atoms with Crippen LogP contribution in [0.1, 0.15) is 33.6 Å². The van der Waals surface area contributed by atoms with Crippen molar-refractivity contribution in [3.63, 3.8) is 0 Å². The fourth-order valence-corrected chi connectivity index (χ4v) is 3.93. The van der Waals surface area contributed by atoms with Crippen LogP contribution in [-0.2, 0) is 14.6 Å². The molecule has 1 aromatic rings. The van der Waals surface area contributed by atoms with E-state index in [1.54, 1.807) is 20.8 Å². The fourth-order valence-electron chi connectivity index (χ4n) is 2.28. The lowest BCUT2D eigenvalue weighted by atomic mass is 10.1. The summed E-state index contributed by atoms with van der Waals surface area (Å²) in [4.78, 5) is 21.1. The van der Waals surface area contributed by atoms with Gasteiger partial charge in [0, 0.05) is 13.1 Å². The lowest BCUT2D eigenvalue weighted by Gasteiger charge is -2.33. The lowest BCUT2D eigenvalue weighted by molar-refractivity contribution is 0.0219. The van der Waals surface area contributed by atoms with Gasteiger partial charge < -0.3 is 9.64 Å². The smallest absolute Gasteiger partial charge is 0.410 e. The molecule has 23 heavy (non-hydrogen) atoms. The summed E-state index contributed by atoms with van der Waals surface area (Å²) in [6.07, 6.45) is 3.02. The second kappa shape index (κ2) is 6.60. The van der Waals surface area contributed by atoms with Gasteiger partial charge >= 0.3 is 6.09 Å². The number of carbonyl (C=O) groups excluding carboxylic acids is 1. The predicted molar refractivity (Wildman–Crippen MR) is 85.1 cm³/mol. The molecule has 2 heterocycles. The first-order valence-corrected chi connectivity index (χ1v) is 9.21.